The molecule has 1 heterocycles. The van der Waals surface area contributed by atoms with E-state index in [1.165, 1.54) is 31.2 Å². The van der Waals surface area contributed by atoms with Gasteiger partial charge in [-0.25, -0.2) is 0 Å². The number of nitrogens with zero attached hydrogens (tertiary/aromatic N) is 3. The third kappa shape index (κ3) is 4.37. The van der Waals surface area contributed by atoms with Crippen molar-refractivity contribution in [3.05, 3.63) is 41.7 Å². The van der Waals surface area contributed by atoms with E-state index in [0.717, 1.165) is 23.8 Å². The van der Waals surface area contributed by atoms with Gasteiger partial charge in [0.15, 0.2) is 5.16 Å². The minimum atomic E-state index is -0.193. The van der Waals surface area contributed by atoms with Crippen LogP contribution in [0.15, 0.2) is 35.5 Å². The summed E-state index contributed by atoms with van der Waals surface area (Å²) in [5.41, 5.74) is 1.17. The monoisotopic (exact) mass is 384 g/mol. The number of thioether (sulfide) groups is 1. The van der Waals surface area contributed by atoms with E-state index in [1.54, 1.807) is 11.8 Å². The fourth-order valence-corrected chi connectivity index (χ4v) is 4.40. The predicted octanol–water partition coefficient (Wildman–Crippen LogP) is 4.63. The first-order valence-electron chi connectivity index (χ1n) is 10.1. The molecule has 1 aromatic carbocycles. The highest BCUT2D eigenvalue weighted by Gasteiger charge is 2.37. The molecule has 2 aromatic rings. The van der Waals surface area contributed by atoms with Crippen LogP contribution in [-0.2, 0) is 4.79 Å². The standard InChI is InChI=1S/C21H28N4OS/c1-3-7-18(15-8-5-4-6-9-15)22-20(26)14(2)27-21-24-23-19(16-10-11-16)25(21)17-12-13-17/h4-6,8-9,14,16-18H,3,7,10-13H2,1-2H3,(H,22,26)/t14-,18+/m0/s1. The van der Waals surface area contributed by atoms with E-state index < -0.39 is 0 Å². The van der Waals surface area contributed by atoms with Crippen molar-refractivity contribution >= 4 is 17.7 Å². The van der Waals surface area contributed by atoms with Gasteiger partial charge < -0.3 is 9.88 Å². The number of carbonyl (C=O) groups is 1. The molecular formula is C21H28N4OS. The molecule has 4 rings (SSSR count). The van der Waals surface area contributed by atoms with Crippen molar-refractivity contribution in [1.82, 2.24) is 20.1 Å². The summed E-state index contributed by atoms with van der Waals surface area (Å²) >= 11 is 1.55. The molecule has 6 heteroatoms. The van der Waals surface area contributed by atoms with Crippen molar-refractivity contribution in [2.45, 2.75) is 80.8 Å². The van der Waals surface area contributed by atoms with Crippen LogP contribution in [0.25, 0.3) is 0 Å². The summed E-state index contributed by atoms with van der Waals surface area (Å²) in [6.45, 7) is 4.12. The highest BCUT2D eigenvalue weighted by Crippen LogP contribution is 2.46. The van der Waals surface area contributed by atoms with Gasteiger partial charge in [-0.05, 0) is 44.6 Å². The largest absolute Gasteiger partial charge is 0.348 e. The van der Waals surface area contributed by atoms with Crippen molar-refractivity contribution in [2.24, 2.45) is 0 Å². The van der Waals surface area contributed by atoms with Gasteiger partial charge >= 0.3 is 0 Å². The van der Waals surface area contributed by atoms with E-state index >= 15 is 0 Å². The highest BCUT2D eigenvalue weighted by molar-refractivity contribution is 8.00. The Morgan fingerprint density at radius 3 is 2.59 bits per heavy atom. The van der Waals surface area contributed by atoms with E-state index in [1.807, 2.05) is 25.1 Å². The van der Waals surface area contributed by atoms with Gasteiger partial charge in [0.2, 0.25) is 5.91 Å². The molecular weight excluding hydrogens is 356 g/mol. The van der Waals surface area contributed by atoms with Gasteiger partial charge in [-0.15, -0.1) is 10.2 Å². The lowest BCUT2D eigenvalue weighted by atomic mass is 10.0. The van der Waals surface area contributed by atoms with Crippen LogP contribution in [0.2, 0.25) is 0 Å². The minimum absolute atomic E-state index is 0.0649. The topological polar surface area (TPSA) is 59.8 Å². The molecule has 2 aliphatic carbocycles. The second-order valence-electron chi connectivity index (χ2n) is 7.74. The Morgan fingerprint density at radius 1 is 1.22 bits per heavy atom. The molecule has 2 fully saturated rings. The molecule has 27 heavy (non-hydrogen) atoms. The van der Waals surface area contributed by atoms with E-state index in [-0.39, 0.29) is 17.2 Å². The highest BCUT2D eigenvalue weighted by atomic mass is 32.2. The van der Waals surface area contributed by atoms with Gasteiger partial charge in [0.25, 0.3) is 0 Å². The summed E-state index contributed by atoms with van der Waals surface area (Å²) in [6, 6.07) is 10.9. The van der Waals surface area contributed by atoms with Crippen molar-refractivity contribution in [2.75, 3.05) is 0 Å². The summed E-state index contributed by atoms with van der Waals surface area (Å²) < 4.78 is 2.31. The zero-order valence-corrected chi connectivity index (χ0v) is 16.9. The number of rotatable bonds is 9. The Bertz CT molecular complexity index is 783. The van der Waals surface area contributed by atoms with Crippen molar-refractivity contribution in [3.8, 4) is 0 Å². The molecule has 0 bridgehead atoms. The summed E-state index contributed by atoms with van der Waals surface area (Å²) in [5.74, 6) is 1.80. The molecule has 1 N–H and O–H groups in total. The number of carbonyl (C=O) groups excluding carboxylic acids is 1. The molecule has 1 aromatic heterocycles. The molecule has 1 amide bonds. The molecule has 0 spiro atoms. The van der Waals surface area contributed by atoms with Crippen LogP contribution in [0.4, 0.5) is 0 Å². The Hall–Kier alpha value is -1.82. The van der Waals surface area contributed by atoms with Gasteiger partial charge in [0.1, 0.15) is 5.82 Å². The van der Waals surface area contributed by atoms with Gasteiger partial charge in [-0.2, -0.15) is 0 Å². The van der Waals surface area contributed by atoms with Crippen LogP contribution in [0.3, 0.4) is 0 Å². The molecule has 144 valence electrons. The molecule has 0 saturated heterocycles. The number of hydrogen-bond donors (Lipinski definition) is 1. The molecule has 2 saturated carbocycles. The third-order valence-corrected chi connectivity index (χ3v) is 6.35. The molecule has 5 nitrogen and oxygen atoms in total. The number of amides is 1. The predicted molar refractivity (Wildman–Crippen MR) is 108 cm³/mol. The van der Waals surface area contributed by atoms with Crippen LogP contribution in [0.1, 0.15) is 81.8 Å². The van der Waals surface area contributed by atoms with Gasteiger partial charge in [0.05, 0.1) is 11.3 Å². The Balaban J connectivity index is 1.43. The first kappa shape index (κ1) is 18.5. The number of aromatic nitrogens is 3. The summed E-state index contributed by atoms with van der Waals surface area (Å²) in [5, 5.41) is 12.8. The summed E-state index contributed by atoms with van der Waals surface area (Å²) in [4.78, 5) is 12.9. The van der Waals surface area contributed by atoms with Crippen molar-refractivity contribution < 1.29 is 4.79 Å². The number of hydrogen-bond acceptors (Lipinski definition) is 4. The van der Waals surface area contributed by atoms with Gasteiger partial charge in [-0.1, -0.05) is 55.4 Å². The summed E-state index contributed by atoms with van der Waals surface area (Å²) in [6.07, 6.45) is 6.83. The molecule has 2 atom stereocenters. The molecule has 0 radical (unpaired) electrons. The van der Waals surface area contributed by atoms with Crippen molar-refractivity contribution in [3.63, 3.8) is 0 Å². The zero-order chi connectivity index (χ0) is 18.8. The second kappa shape index (κ2) is 8.05. The average Bonchev–Trinajstić information content (AvgIpc) is 3.61. The van der Waals surface area contributed by atoms with E-state index in [9.17, 15) is 4.79 Å². The molecule has 0 unspecified atom stereocenters. The summed E-state index contributed by atoms with van der Waals surface area (Å²) in [7, 11) is 0. The van der Waals surface area contributed by atoms with Crippen LogP contribution < -0.4 is 5.32 Å². The Morgan fingerprint density at radius 2 is 1.96 bits per heavy atom. The maximum absolute atomic E-state index is 12.9. The lowest BCUT2D eigenvalue weighted by Crippen LogP contribution is -2.34. The average molecular weight is 385 g/mol. The Labute approximate surface area is 165 Å². The molecule has 0 aliphatic heterocycles. The molecule has 2 aliphatic rings. The second-order valence-corrected chi connectivity index (χ2v) is 9.04. The maximum atomic E-state index is 12.9. The van der Waals surface area contributed by atoms with E-state index in [4.69, 9.17) is 0 Å². The zero-order valence-electron chi connectivity index (χ0n) is 16.1. The first-order chi connectivity index (χ1) is 13.2. The SMILES string of the molecule is CCC[C@@H](NC(=O)[C@H](C)Sc1nnc(C2CC2)n1C1CC1)c1ccccc1. The minimum Gasteiger partial charge on any atom is -0.348 e. The first-order valence-corrected chi connectivity index (χ1v) is 11.0. The lowest BCUT2D eigenvalue weighted by Gasteiger charge is -2.21. The van der Waals surface area contributed by atoms with Crippen LogP contribution in [0, 0.1) is 0 Å². The van der Waals surface area contributed by atoms with E-state index in [2.05, 4.69) is 39.1 Å². The quantitative estimate of drug-likeness (QED) is 0.641. The van der Waals surface area contributed by atoms with Crippen LogP contribution >= 0.6 is 11.8 Å². The Kier molecular flexibility index (Phi) is 5.53. The van der Waals surface area contributed by atoms with E-state index in [0.29, 0.717) is 12.0 Å². The normalized spacial score (nSPS) is 18.9. The fraction of sp³-hybridized carbons (Fsp3) is 0.571. The van der Waals surface area contributed by atoms with Crippen LogP contribution in [0.5, 0.6) is 0 Å². The fourth-order valence-electron chi connectivity index (χ4n) is 3.46. The van der Waals surface area contributed by atoms with Crippen molar-refractivity contribution in [1.29, 1.82) is 0 Å². The lowest BCUT2D eigenvalue weighted by molar-refractivity contribution is -0.121. The van der Waals surface area contributed by atoms with Gasteiger partial charge in [0, 0.05) is 12.0 Å². The van der Waals surface area contributed by atoms with Gasteiger partial charge in [-0.3, -0.25) is 4.79 Å². The maximum Gasteiger partial charge on any atom is 0.233 e. The van der Waals surface area contributed by atoms with Crippen LogP contribution in [-0.4, -0.2) is 25.9 Å². The number of benzene rings is 1. The number of nitrogens with one attached hydrogen (secondary N) is 1. The smallest absolute Gasteiger partial charge is 0.233 e. The third-order valence-electron chi connectivity index (χ3n) is 5.29.